The molecule has 7 heteroatoms. The predicted octanol–water partition coefficient (Wildman–Crippen LogP) is 1.33. The van der Waals surface area contributed by atoms with Gasteiger partial charge < -0.3 is 14.4 Å². The van der Waals surface area contributed by atoms with Gasteiger partial charge >= 0.3 is 5.97 Å². The lowest BCUT2D eigenvalue weighted by atomic mass is 9.80. The van der Waals surface area contributed by atoms with Gasteiger partial charge in [0, 0.05) is 7.11 Å². The van der Waals surface area contributed by atoms with Crippen molar-refractivity contribution in [1.29, 1.82) is 0 Å². The fourth-order valence-electron chi connectivity index (χ4n) is 2.06. The molecule has 0 radical (unpaired) electrons. The van der Waals surface area contributed by atoms with Crippen LogP contribution in [0, 0.1) is 6.92 Å². The number of carboxylic acids is 1. The maximum Gasteiger partial charge on any atom is 0.313 e. The third kappa shape index (κ3) is 2.67. The number of carbonyl (C=O) groups is 1. The summed E-state index contributed by atoms with van der Waals surface area (Å²) in [6.45, 7) is 2.57. The molecule has 100 valence electrons. The van der Waals surface area contributed by atoms with E-state index < -0.39 is 5.97 Å². The third-order valence-electron chi connectivity index (χ3n) is 3.37. The molecule has 0 aliphatic heterocycles. The number of hydrogen-bond acceptors (Lipinski definition) is 5. The van der Waals surface area contributed by atoms with Gasteiger partial charge in [-0.25, -0.2) is 0 Å². The van der Waals surface area contributed by atoms with E-state index >= 15 is 0 Å². The molecule has 0 amide bonds. The fourth-order valence-corrected chi connectivity index (χ4v) is 2.77. The molecule has 0 atom stereocenters. The van der Waals surface area contributed by atoms with Gasteiger partial charge in [-0.05, 0) is 26.2 Å². The van der Waals surface area contributed by atoms with Crippen LogP contribution in [-0.4, -0.2) is 44.3 Å². The van der Waals surface area contributed by atoms with Crippen molar-refractivity contribution < 1.29 is 14.6 Å². The molecule has 1 aromatic rings. The SMILES string of the molecule is COC1(Cn2c(C)nnc2SCC(=O)O)CCC1. The van der Waals surface area contributed by atoms with Gasteiger partial charge in [-0.1, -0.05) is 11.8 Å². The molecule has 1 fully saturated rings. The van der Waals surface area contributed by atoms with Crippen molar-refractivity contribution in [2.45, 2.75) is 43.5 Å². The zero-order valence-electron chi connectivity index (χ0n) is 10.5. The van der Waals surface area contributed by atoms with Crippen molar-refractivity contribution >= 4 is 17.7 Å². The molecule has 1 aromatic heterocycles. The fraction of sp³-hybridized carbons (Fsp3) is 0.727. The van der Waals surface area contributed by atoms with Crippen LogP contribution in [0.25, 0.3) is 0 Å². The molecule has 1 aliphatic carbocycles. The van der Waals surface area contributed by atoms with Crippen molar-refractivity contribution in [1.82, 2.24) is 14.8 Å². The van der Waals surface area contributed by atoms with Gasteiger partial charge in [0.25, 0.3) is 0 Å². The van der Waals surface area contributed by atoms with E-state index in [4.69, 9.17) is 9.84 Å². The first-order valence-electron chi connectivity index (χ1n) is 5.86. The van der Waals surface area contributed by atoms with Crippen molar-refractivity contribution in [3.63, 3.8) is 0 Å². The first kappa shape index (κ1) is 13.4. The average Bonchev–Trinajstić information content (AvgIpc) is 2.62. The normalized spacial score (nSPS) is 17.4. The van der Waals surface area contributed by atoms with Crippen LogP contribution < -0.4 is 0 Å². The second-order valence-corrected chi connectivity index (χ2v) is 5.48. The molecule has 0 spiro atoms. The van der Waals surface area contributed by atoms with Crippen LogP contribution in [0.3, 0.4) is 0 Å². The van der Waals surface area contributed by atoms with E-state index in [9.17, 15) is 4.79 Å². The number of rotatable bonds is 6. The number of thioether (sulfide) groups is 1. The van der Waals surface area contributed by atoms with E-state index in [1.165, 1.54) is 18.2 Å². The second kappa shape index (κ2) is 5.27. The highest BCUT2D eigenvalue weighted by molar-refractivity contribution is 7.99. The zero-order chi connectivity index (χ0) is 13.2. The Bertz CT molecular complexity index is 437. The van der Waals surface area contributed by atoms with Crippen molar-refractivity contribution in [3.05, 3.63) is 5.82 Å². The summed E-state index contributed by atoms with van der Waals surface area (Å²) >= 11 is 1.20. The zero-order valence-corrected chi connectivity index (χ0v) is 11.4. The minimum atomic E-state index is -0.850. The Morgan fingerprint density at radius 1 is 1.56 bits per heavy atom. The largest absolute Gasteiger partial charge is 0.481 e. The van der Waals surface area contributed by atoms with Crippen LogP contribution in [0.4, 0.5) is 0 Å². The van der Waals surface area contributed by atoms with Crippen molar-refractivity contribution in [2.24, 2.45) is 0 Å². The molecule has 0 aromatic carbocycles. The van der Waals surface area contributed by atoms with E-state index in [0.717, 1.165) is 18.7 Å². The predicted molar refractivity (Wildman–Crippen MR) is 66.7 cm³/mol. The maximum atomic E-state index is 10.6. The smallest absolute Gasteiger partial charge is 0.313 e. The summed E-state index contributed by atoms with van der Waals surface area (Å²) in [7, 11) is 1.73. The van der Waals surface area contributed by atoms with E-state index in [-0.39, 0.29) is 11.4 Å². The quantitative estimate of drug-likeness (QED) is 0.787. The first-order valence-corrected chi connectivity index (χ1v) is 6.84. The third-order valence-corrected chi connectivity index (χ3v) is 4.32. The Kier molecular flexibility index (Phi) is 3.91. The van der Waals surface area contributed by atoms with Crippen molar-refractivity contribution in [2.75, 3.05) is 12.9 Å². The molecule has 1 heterocycles. The van der Waals surface area contributed by atoms with Crippen LogP contribution in [0.1, 0.15) is 25.1 Å². The minimum Gasteiger partial charge on any atom is -0.481 e. The molecule has 18 heavy (non-hydrogen) atoms. The van der Waals surface area contributed by atoms with E-state index in [1.54, 1.807) is 7.11 Å². The first-order chi connectivity index (χ1) is 8.56. The number of carboxylic acid groups (broad SMARTS) is 1. The molecular formula is C11H17N3O3S. The number of nitrogens with zero attached hydrogens (tertiary/aromatic N) is 3. The summed E-state index contributed by atoms with van der Waals surface area (Å²) in [6.07, 6.45) is 3.24. The van der Waals surface area contributed by atoms with E-state index in [0.29, 0.717) is 11.7 Å². The number of methoxy groups -OCH3 is 1. The molecule has 0 bridgehead atoms. The van der Waals surface area contributed by atoms with Gasteiger partial charge in [-0.15, -0.1) is 10.2 Å². The average molecular weight is 271 g/mol. The number of aryl methyl sites for hydroxylation is 1. The second-order valence-electron chi connectivity index (χ2n) is 4.54. The van der Waals surface area contributed by atoms with Gasteiger partial charge in [-0.3, -0.25) is 4.79 Å². The molecule has 6 nitrogen and oxygen atoms in total. The van der Waals surface area contributed by atoms with Gasteiger partial charge in [0.1, 0.15) is 5.82 Å². The summed E-state index contributed by atoms with van der Waals surface area (Å²) in [4.78, 5) is 10.6. The Balaban J connectivity index is 2.11. The minimum absolute atomic E-state index is 0.00187. The number of hydrogen-bond donors (Lipinski definition) is 1. The lowest BCUT2D eigenvalue weighted by molar-refractivity contribution is -0.133. The summed E-state index contributed by atoms with van der Waals surface area (Å²) in [6, 6.07) is 0. The standard InChI is InChI=1S/C11H17N3O3S/c1-8-12-13-10(18-6-9(15)16)14(8)7-11(17-2)4-3-5-11/h3-7H2,1-2H3,(H,15,16). The molecule has 1 saturated carbocycles. The number of aromatic nitrogens is 3. The van der Waals surface area contributed by atoms with Crippen molar-refractivity contribution in [3.8, 4) is 0 Å². The molecule has 0 saturated heterocycles. The van der Waals surface area contributed by atoms with Gasteiger partial charge in [0.2, 0.25) is 0 Å². The Labute approximate surface area is 110 Å². The van der Waals surface area contributed by atoms with Crippen LogP contribution >= 0.6 is 11.8 Å². The van der Waals surface area contributed by atoms with Crippen LogP contribution in [-0.2, 0) is 16.1 Å². The van der Waals surface area contributed by atoms with Gasteiger partial charge in [0.15, 0.2) is 5.16 Å². The summed E-state index contributed by atoms with van der Waals surface area (Å²) in [5.41, 5.74) is -0.119. The maximum absolute atomic E-state index is 10.6. The Morgan fingerprint density at radius 3 is 2.78 bits per heavy atom. The van der Waals surface area contributed by atoms with Crippen LogP contribution in [0.15, 0.2) is 5.16 Å². The van der Waals surface area contributed by atoms with Crippen LogP contribution in [0.2, 0.25) is 0 Å². The summed E-state index contributed by atoms with van der Waals surface area (Å²) < 4.78 is 7.54. The van der Waals surface area contributed by atoms with E-state index in [1.807, 2.05) is 11.5 Å². The van der Waals surface area contributed by atoms with Crippen LogP contribution in [0.5, 0.6) is 0 Å². The topological polar surface area (TPSA) is 77.2 Å². The molecule has 0 unspecified atom stereocenters. The monoisotopic (exact) mass is 271 g/mol. The Hall–Kier alpha value is -1.08. The Morgan fingerprint density at radius 2 is 2.28 bits per heavy atom. The lowest BCUT2D eigenvalue weighted by Crippen LogP contribution is -2.43. The highest BCUT2D eigenvalue weighted by Crippen LogP contribution is 2.37. The summed E-state index contributed by atoms with van der Waals surface area (Å²) in [5.74, 6) is -0.0542. The number of ether oxygens (including phenoxy) is 1. The highest BCUT2D eigenvalue weighted by Gasteiger charge is 2.38. The summed E-state index contributed by atoms with van der Waals surface area (Å²) in [5, 5.41) is 17.4. The highest BCUT2D eigenvalue weighted by atomic mass is 32.2. The number of aliphatic carboxylic acids is 1. The molecule has 1 N–H and O–H groups in total. The van der Waals surface area contributed by atoms with E-state index in [2.05, 4.69) is 10.2 Å². The molecule has 1 aliphatic rings. The lowest BCUT2D eigenvalue weighted by Gasteiger charge is -2.41. The molecular weight excluding hydrogens is 254 g/mol. The van der Waals surface area contributed by atoms with Gasteiger partial charge in [0.05, 0.1) is 17.9 Å². The van der Waals surface area contributed by atoms with Gasteiger partial charge in [-0.2, -0.15) is 0 Å². The molecule has 2 rings (SSSR count).